The summed E-state index contributed by atoms with van der Waals surface area (Å²) >= 11 is 0. The van der Waals surface area contributed by atoms with Gasteiger partial charge in [-0.15, -0.1) is 0 Å². The lowest BCUT2D eigenvalue weighted by atomic mass is 10.1. The number of sulfone groups is 1. The van der Waals surface area contributed by atoms with Crippen LogP contribution in [0.1, 0.15) is 18.4 Å². The third-order valence-corrected chi connectivity index (χ3v) is 5.63. The van der Waals surface area contributed by atoms with Crippen molar-refractivity contribution in [3.05, 3.63) is 23.8 Å². The molecule has 8 heteroatoms. The number of nitrogens with one attached hydrogen (secondary N) is 2. The largest absolute Gasteiger partial charge is 0.491 e. The van der Waals surface area contributed by atoms with Gasteiger partial charge >= 0.3 is 0 Å². The maximum absolute atomic E-state index is 12.1. The van der Waals surface area contributed by atoms with E-state index in [9.17, 15) is 18.0 Å². The van der Waals surface area contributed by atoms with Crippen LogP contribution in [0.2, 0.25) is 0 Å². The van der Waals surface area contributed by atoms with Gasteiger partial charge in [-0.1, -0.05) is 6.07 Å². The Kier molecular flexibility index (Phi) is 4.25. The Hall–Kier alpha value is -2.09. The molecule has 2 aliphatic heterocycles. The predicted octanol–water partition coefficient (Wildman–Crippen LogP) is 0.253. The van der Waals surface area contributed by atoms with Crippen molar-refractivity contribution in [3.8, 4) is 5.75 Å². The number of benzene rings is 1. The fraction of sp³-hybridized carbons (Fsp3) is 0.467. The molecule has 3 rings (SSSR count). The average Bonchev–Trinajstić information content (AvgIpc) is 2.68. The molecule has 7 nitrogen and oxygen atoms in total. The van der Waals surface area contributed by atoms with Gasteiger partial charge in [0.15, 0.2) is 9.84 Å². The molecule has 0 bridgehead atoms. The van der Waals surface area contributed by atoms with Gasteiger partial charge in [0.05, 0.1) is 36.6 Å². The molecule has 2 heterocycles. The molecular weight excluding hydrogens is 320 g/mol. The topological polar surface area (TPSA) is 102 Å². The zero-order valence-electron chi connectivity index (χ0n) is 12.5. The summed E-state index contributed by atoms with van der Waals surface area (Å²) in [5.41, 5.74) is 1.29. The molecule has 0 saturated carbocycles. The predicted molar refractivity (Wildman–Crippen MR) is 84.1 cm³/mol. The van der Waals surface area contributed by atoms with Crippen LogP contribution in [0.25, 0.3) is 0 Å². The van der Waals surface area contributed by atoms with Crippen LogP contribution < -0.4 is 15.4 Å². The Morgan fingerprint density at radius 2 is 2.22 bits per heavy atom. The molecule has 2 aliphatic rings. The van der Waals surface area contributed by atoms with Crippen LogP contribution in [-0.2, 0) is 25.8 Å². The molecule has 0 aliphatic carbocycles. The second-order valence-electron chi connectivity index (χ2n) is 5.82. The zero-order valence-corrected chi connectivity index (χ0v) is 13.3. The third-order valence-electron chi connectivity index (χ3n) is 3.87. The van der Waals surface area contributed by atoms with Crippen molar-refractivity contribution >= 4 is 27.3 Å². The Bertz CT molecular complexity index is 744. The Balaban J connectivity index is 1.64. The maximum atomic E-state index is 12.1. The number of anilines is 1. The van der Waals surface area contributed by atoms with Gasteiger partial charge in [-0.25, -0.2) is 8.42 Å². The molecular formula is C15H18N2O5S. The van der Waals surface area contributed by atoms with E-state index in [1.165, 1.54) is 0 Å². The van der Waals surface area contributed by atoms with E-state index in [2.05, 4.69) is 10.6 Å². The smallest absolute Gasteiger partial charge is 0.227 e. The second-order valence-corrected chi connectivity index (χ2v) is 8.05. The summed E-state index contributed by atoms with van der Waals surface area (Å²) in [6, 6.07) is 4.89. The Labute approximate surface area is 134 Å². The minimum atomic E-state index is -3.01. The van der Waals surface area contributed by atoms with Crippen LogP contribution in [0.5, 0.6) is 5.75 Å². The van der Waals surface area contributed by atoms with E-state index in [1.807, 2.05) is 0 Å². The lowest BCUT2D eigenvalue weighted by Gasteiger charge is -2.12. The highest BCUT2D eigenvalue weighted by atomic mass is 32.2. The molecule has 0 spiro atoms. The summed E-state index contributed by atoms with van der Waals surface area (Å²) in [6.45, 7) is 0.328. The summed E-state index contributed by atoms with van der Waals surface area (Å²) < 4.78 is 28.3. The van der Waals surface area contributed by atoms with Gasteiger partial charge in [-0.2, -0.15) is 0 Å². The molecule has 23 heavy (non-hydrogen) atoms. The fourth-order valence-electron chi connectivity index (χ4n) is 2.75. The van der Waals surface area contributed by atoms with Gasteiger partial charge in [0, 0.05) is 6.04 Å². The average molecular weight is 338 g/mol. The van der Waals surface area contributed by atoms with Gasteiger partial charge in [-0.3, -0.25) is 9.59 Å². The van der Waals surface area contributed by atoms with Gasteiger partial charge < -0.3 is 15.4 Å². The summed E-state index contributed by atoms with van der Waals surface area (Å²) in [5, 5.41) is 5.49. The molecule has 1 aromatic carbocycles. The molecule has 1 saturated heterocycles. The van der Waals surface area contributed by atoms with Gasteiger partial charge in [0.2, 0.25) is 11.8 Å². The minimum absolute atomic E-state index is 0.00677. The van der Waals surface area contributed by atoms with E-state index in [4.69, 9.17) is 4.74 Å². The van der Waals surface area contributed by atoms with E-state index in [1.54, 1.807) is 18.2 Å². The van der Waals surface area contributed by atoms with E-state index < -0.39 is 9.84 Å². The van der Waals surface area contributed by atoms with Crippen LogP contribution in [0, 0.1) is 0 Å². The van der Waals surface area contributed by atoms with Crippen LogP contribution >= 0.6 is 0 Å². The lowest BCUT2D eigenvalue weighted by molar-refractivity contribution is -0.121. The molecule has 2 N–H and O–H groups in total. The van der Waals surface area contributed by atoms with Crippen molar-refractivity contribution in [2.45, 2.75) is 25.3 Å². The van der Waals surface area contributed by atoms with E-state index in [0.29, 0.717) is 30.9 Å². The number of amides is 2. The first-order valence-corrected chi connectivity index (χ1v) is 9.29. The molecule has 1 unspecified atom stereocenters. The van der Waals surface area contributed by atoms with Crippen molar-refractivity contribution < 1.29 is 22.7 Å². The van der Waals surface area contributed by atoms with Crippen molar-refractivity contribution in [1.29, 1.82) is 0 Å². The highest BCUT2D eigenvalue weighted by molar-refractivity contribution is 7.91. The van der Waals surface area contributed by atoms with Crippen molar-refractivity contribution in [2.24, 2.45) is 0 Å². The SMILES string of the molecule is O=C1CCOc2ccc(CC(=O)NC3CCS(=O)(=O)C3)cc2N1. The van der Waals surface area contributed by atoms with Crippen LogP contribution in [-0.4, -0.2) is 44.4 Å². The molecule has 1 atom stereocenters. The van der Waals surface area contributed by atoms with Crippen LogP contribution in [0.3, 0.4) is 0 Å². The fourth-order valence-corrected chi connectivity index (χ4v) is 4.42. The number of ether oxygens (including phenoxy) is 1. The molecule has 1 aromatic rings. The zero-order chi connectivity index (χ0) is 16.4. The van der Waals surface area contributed by atoms with Crippen molar-refractivity contribution in [1.82, 2.24) is 5.32 Å². The first-order valence-electron chi connectivity index (χ1n) is 7.47. The standard InChI is InChI=1S/C15H18N2O5S/c18-14-3-5-22-13-2-1-10(7-12(13)17-14)8-15(19)16-11-4-6-23(20,21)9-11/h1-2,7,11H,3-6,8-9H2,(H,16,19)(H,17,18). The normalized spacial score (nSPS) is 22.4. The molecule has 0 aromatic heterocycles. The summed E-state index contributed by atoms with van der Waals surface area (Å²) in [7, 11) is -3.01. The first kappa shape index (κ1) is 15.8. The Morgan fingerprint density at radius 3 is 2.96 bits per heavy atom. The van der Waals surface area contributed by atoms with E-state index in [-0.39, 0.29) is 35.8 Å². The van der Waals surface area contributed by atoms with Crippen molar-refractivity contribution in [3.63, 3.8) is 0 Å². The summed E-state index contributed by atoms with van der Waals surface area (Å²) in [5.74, 6) is 0.365. The number of fused-ring (bicyclic) bond motifs is 1. The quantitative estimate of drug-likeness (QED) is 0.823. The van der Waals surface area contributed by atoms with Crippen LogP contribution in [0.15, 0.2) is 18.2 Å². The van der Waals surface area contributed by atoms with Gasteiger partial charge in [-0.05, 0) is 24.1 Å². The highest BCUT2D eigenvalue weighted by Crippen LogP contribution is 2.28. The monoisotopic (exact) mass is 338 g/mol. The van der Waals surface area contributed by atoms with E-state index in [0.717, 1.165) is 5.56 Å². The van der Waals surface area contributed by atoms with Gasteiger partial charge in [0.25, 0.3) is 0 Å². The second kappa shape index (κ2) is 6.19. The molecule has 0 radical (unpaired) electrons. The Morgan fingerprint density at radius 1 is 1.39 bits per heavy atom. The minimum Gasteiger partial charge on any atom is -0.491 e. The van der Waals surface area contributed by atoms with Gasteiger partial charge in [0.1, 0.15) is 5.75 Å². The number of rotatable bonds is 3. The number of hydrogen-bond acceptors (Lipinski definition) is 5. The first-order chi connectivity index (χ1) is 10.9. The highest BCUT2D eigenvalue weighted by Gasteiger charge is 2.28. The number of carbonyl (C=O) groups excluding carboxylic acids is 2. The molecule has 124 valence electrons. The lowest BCUT2D eigenvalue weighted by Crippen LogP contribution is -2.36. The summed E-state index contributed by atoms with van der Waals surface area (Å²) in [4.78, 5) is 23.6. The summed E-state index contributed by atoms with van der Waals surface area (Å²) in [6.07, 6.45) is 0.877. The molecule has 1 fully saturated rings. The third kappa shape index (κ3) is 4.01. The molecule has 2 amide bonds. The van der Waals surface area contributed by atoms with Crippen LogP contribution in [0.4, 0.5) is 5.69 Å². The maximum Gasteiger partial charge on any atom is 0.227 e. The van der Waals surface area contributed by atoms with Crippen molar-refractivity contribution in [2.75, 3.05) is 23.4 Å². The van der Waals surface area contributed by atoms with E-state index >= 15 is 0 Å². The number of carbonyl (C=O) groups is 2. The number of hydrogen-bond donors (Lipinski definition) is 2.